The second-order valence-corrected chi connectivity index (χ2v) is 8.74. The average molecular weight is 408 g/mol. The molecule has 1 atom stereocenters. The summed E-state index contributed by atoms with van der Waals surface area (Å²) >= 11 is 0. The normalized spacial score (nSPS) is 18.1. The lowest BCUT2D eigenvalue weighted by atomic mass is 9.84. The van der Waals surface area contributed by atoms with E-state index in [2.05, 4.69) is 6.07 Å². The number of nitrogens with two attached hydrogens (primary N) is 1. The Balaban J connectivity index is 1.73. The monoisotopic (exact) mass is 407 g/mol. The fourth-order valence-corrected chi connectivity index (χ4v) is 4.29. The van der Waals surface area contributed by atoms with E-state index in [9.17, 15) is 9.59 Å². The summed E-state index contributed by atoms with van der Waals surface area (Å²) in [6.07, 6.45) is 1.000. The topological polar surface area (TPSA) is 66.6 Å². The Kier molecular flexibility index (Phi) is 6.61. The van der Waals surface area contributed by atoms with Crippen LogP contribution in [0.5, 0.6) is 0 Å². The first-order valence-corrected chi connectivity index (χ1v) is 10.7. The Hall–Kier alpha value is -2.66. The lowest BCUT2D eigenvalue weighted by Gasteiger charge is -2.51. The summed E-state index contributed by atoms with van der Waals surface area (Å²) in [5.74, 6) is -0.0151. The molecule has 0 bridgehead atoms. The molecule has 1 aliphatic rings. The van der Waals surface area contributed by atoms with Crippen molar-refractivity contribution in [3.05, 3.63) is 70.3 Å². The van der Waals surface area contributed by atoms with Crippen LogP contribution in [0, 0.1) is 20.8 Å². The second-order valence-electron chi connectivity index (χ2n) is 8.74. The van der Waals surface area contributed by atoms with Crippen LogP contribution in [0.1, 0.15) is 41.2 Å². The maximum Gasteiger partial charge on any atom is 0.248 e. The third-order valence-electron chi connectivity index (χ3n) is 6.00. The van der Waals surface area contributed by atoms with Gasteiger partial charge in [-0.25, -0.2) is 0 Å². The largest absolute Gasteiger partial charge is 0.335 e. The number of likely N-dealkylation sites (tertiary alicyclic amines) is 1. The molecule has 1 aliphatic heterocycles. The SMILES string of the molecule is Cc1ccc(CN(CCN)C(=O)C2(C)CCN2C(=O)Cc2cc(C)cc(C)c2)cc1. The van der Waals surface area contributed by atoms with Gasteiger partial charge in [-0.15, -0.1) is 0 Å². The van der Waals surface area contributed by atoms with Crippen molar-refractivity contribution in [2.24, 2.45) is 5.73 Å². The van der Waals surface area contributed by atoms with Crippen LogP contribution in [-0.2, 0) is 22.6 Å². The molecule has 1 unspecified atom stereocenters. The Morgan fingerprint density at radius 1 is 1.00 bits per heavy atom. The van der Waals surface area contributed by atoms with Gasteiger partial charge in [-0.2, -0.15) is 0 Å². The molecule has 160 valence electrons. The van der Waals surface area contributed by atoms with Crippen molar-refractivity contribution in [3.8, 4) is 0 Å². The van der Waals surface area contributed by atoms with Crippen molar-refractivity contribution in [2.45, 2.75) is 52.6 Å². The number of carbonyl (C=O) groups excluding carboxylic acids is 2. The predicted octanol–water partition coefficient (Wildman–Crippen LogP) is 3.13. The first-order chi connectivity index (χ1) is 14.2. The number of rotatable bonds is 7. The van der Waals surface area contributed by atoms with Crippen molar-refractivity contribution in [2.75, 3.05) is 19.6 Å². The standard InChI is InChI=1S/C25H33N3O2/c1-18-5-7-21(8-6-18)17-27(12-10-26)24(30)25(4)9-11-28(25)23(29)16-22-14-19(2)13-20(3)15-22/h5-8,13-15H,9-12,16-17,26H2,1-4H3. The van der Waals surface area contributed by atoms with Gasteiger partial charge in [0.2, 0.25) is 11.8 Å². The van der Waals surface area contributed by atoms with E-state index in [4.69, 9.17) is 5.73 Å². The van der Waals surface area contributed by atoms with Crippen molar-refractivity contribution in [1.29, 1.82) is 0 Å². The molecule has 0 aliphatic carbocycles. The molecule has 0 radical (unpaired) electrons. The van der Waals surface area contributed by atoms with E-state index in [0.717, 1.165) is 22.3 Å². The molecular weight excluding hydrogens is 374 g/mol. The van der Waals surface area contributed by atoms with Gasteiger partial charge in [0.25, 0.3) is 0 Å². The molecule has 1 fully saturated rings. The Morgan fingerprint density at radius 3 is 2.17 bits per heavy atom. The van der Waals surface area contributed by atoms with Crippen LogP contribution < -0.4 is 5.73 Å². The first kappa shape index (κ1) is 22.0. The van der Waals surface area contributed by atoms with Crippen LogP contribution in [0.25, 0.3) is 0 Å². The van der Waals surface area contributed by atoms with Gasteiger partial charge in [0.05, 0.1) is 6.42 Å². The van der Waals surface area contributed by atoms with Crippen LogP contribution in [-0.4, -0.2) is 46.8 Å². The minimum Gasteiger partial charge on any atom is -0.335 e. The zero-order chi connectivity index (χ0) is 21.9. The first-order valence-electron chi connectivity index (χ1n) is 10.7. The summed E-state index contributed by atoms with van der Waals surface area (Å²) in [7, 11) is 0. The van der Waals surface area contributed by atoms with Gasteiger partial charge in [0, 0.05) is 26.2 Å². The molecule has 1 heterocycles. The van der Waals surface area contributed by atoms with Gasteiger partial charge in [-0.1, -0.05) is 59.2 Å². The van der Waals surface area contributed by atoms with Crippen LogP contribution in [0.4, 0.5) is 0 Å². The predicted molar refractivity (Wildman–Crippen MR) is 120 cm³/mol. The number of nitrogens with zero attached hydrogens (tertiary/aromatic N) is 2. The Morgan fingerprint density at radius 2 is 1.63 bits per heavy atom. The number of amides is 2. The zero-order valence-corrected chi connectivity index (χ0v) is 18.6. The molecule has 5 heteroatoms. The summed E-state index contributed by atoms with van der Waals surface area (Å²) in [5, 5.41) is 0. The van der Waals surface area contributed by atoms with Crippen molar-refractivity contribution in [1.82, 2.24) is 9.80 Å². The van der Waals surface area contributed by atoms with E-state index in [-0.39, 0.29) is 11.8 Å². The Bertz CT molecular complexity index is 902. The summed E-state index contributed by atoms with van der Waals surface area (Å²) in [6, 6.07) is 14.4. The van der Waals surface area contributed by atoms with E-state index in [1.165, 1.54) is 5.56 Å². The lowest BCUT2D eigenvalue weighted by molar-refractivity contribution is -0.164. The highest BCUT2D eigenvalue weighted by molar-refractivity contribution is 5.93. The second kappa shape index (κ2) is 9.00. The van der Waals surface area contributed by atoms with Crippen LogP contribution in [0.2, 0.25) is 0 Å². The third kappa shape index (κ3) is 4.73. The van der Waals surface area contributed by atoms with Gasteiger partial charge in [-0.05, 0) is 45.2 Å². The van der Waals surface area contributed by atoms with E-state index in [1.807, 2.05) is 64.1 Å². The average Bonchev–Trinajstić information content (AvgIpc) is 2.66. The van der Waals surface area contributed by atoms with Gasteiger partial charge in [-0.3, -0.25) is 9.59 Å². The fraction of sp³-hybridized carbons (Fsp3) is 0.440. The fourth-order valence-electron chi connectivity index (χ4n) is 4.29. The smallest absolute Gasteiger partial charge is 0.248 e. The van der Waals surface area contributed by atoms with Gasteiger partial charge < -0.3 is 15.5 Å². The van der Waals surface area contributed by atoms with Crippen molar-refractivity contribution >= 4 is 11.8 Å². The number of carbonyl (C=O) groups is 2. The van der Waals surface area contributed by atoms with Crippen molar-refractivity contribution < 1.29 is 9.59 Å². The third-order valence-corrected chi connectivity index (χ3v) is 6.00. The Labute approximate surface area is 179 Å². The molecule has 2 aromatic rings. The van der Waals surface area contributed by atoms with E-state index in [0.29, 0.717) is 39.0 Å². The van der Waals surface area contributed by atoms with E-state index < -0.39 is 5.54 Å². The van der Waals surface area contributed by atoms with Crippen molar-refractivity contribution in [3.63, 3.8) is 0 Å². The molecule has 2 amide bonds. The molecule has 0 spiro atoms. The van der Waals surface area contributed by atoms with E-state index >= 15 is 0 Å². The van der Waals surface area contributed by atoms with Gasteiger partial charge in [0.1, 0.15) is 5.54 Å². The summed E-state index contributed by atoms with van der Waals surface area (Å²) in [5.41, 5.74) is 10.5. The highest BCUT2D eigenvalue weighted by Gasteiger charge is 2.50. The molecule has 3 rings (SSSR count). The van der Waals surface area contributed by atoms with Crippen LogP contribution in [0.3, 0.4) is 0 Å². The summed E-state index contributed by atoms with van der Waals surface area (Å²) in [6.45, 7) is 9.99. The molecule has 0 saturated carbocycles. The maximum absolute atomic E-state index is 13.5. The highest BCUT2D eigenvalue weighted by atomic mass is 16.2. The number of hydrogen-bond donors (Lipinski definition) is 1. The maximum atomic E-state index is 13.5. The number of hydrogen-bond acceptors (Lipinski definition) is 3. The highest BCUT2D eigenvalue weighted by Crippen LogP contribution is 2.33. The van der Waals surface area contributed by atoms with Crippen LogP contribution >= 0.6 is 0 Å². The lowest BCUT2D eigenvalue weighted by Crippen LogP contribution is -2.68. The summed E-state index contributed by atoms with van der Waals surface area (Å²) < 4.78 is 0. The summed E-state index contributed by atoms with van der Waals surface area (Å²) in [4.78, 5) is 30.0. The molecule has 5 nitrogen and oxygen atoms in total. The molecule has 1 saturated heterocycles. The molecule has 2 aromatic carbocycles. The zero-order valence-electron chi connectivity index (χ0n) is 18.6. The number of aryl methyl sites for hydroxylation is 3. The molecular formula is C25H33N3O2. The quantitative estimate of drug-likeness (QED) is 0.767. The van der Waals surface area contributed by atoms with Crippen LogP contribution in [0.15, 0.2) is 42.5 Å². The number of benzene rings is 2. The van der Waals surface area contributed by atoms with Gasteiger partial charge >= 0.3 is 0 Å². The molecule has 0 aromatic heterocycles. The minimum absolute atomic E-state index is 0.00475. The molecule has 2 N–H and O–H groups in total. The van der Waals surface area contributed by atoms with E-state index in [1.54, 1.807) is 9.80 Å². The molecule has 30 heavy (non-hydrogen) atoms. The van der Waals surface area contributed by atoms with Gasteiger partial charge in [0.15, 0.2) is 0 Å². The minimum atomic E-state index is -0.796.